The maximum Gasteiger partial charge on any atom is 0.500 e. The number of primary amides is 1. The Hall–Kier alpha value is -5.74. The topological polar surface area (TPSA) is 353 Å². The van der Waals surface area contributed by atoms with Crippen LogP contribution in [0.15, 0.2) is 9.79 Å². The Bertz CT molecular complexity index is 2810. The lowest BCUT2D eigenvalue weighted by molar-refractivity contribution is -0.131. The summed E-state index contributed by atoms with van der Waals surface area (Å²) in [6, 6.07) is -2.27. The summed E-state index contributed by atoms with van der Waals surface area (Å²) in [5.41, 5.74) is 9.79. The third-order valence-electron chi connectivity index (χ3n) is 14.0. The molecule has 5 amide bonds. The molecule has 2 aromatic rings. The smallest absolute Gasteiger partial charge is 0.487 e. The van der Waals surface area contributed by atoms with E-state index >= 15 is 0 Å². The van der Waals surface area contributed by atoms with E-state index < -0.39 is 81.8 Å². The van der Waals surface area contributed by atoms with E-state index in [0.29, 0.717) is 109 Å². The van der Waals surface area contributed by atoms with Crippen molar-refractivity contribution in [2.24, 2.45) is 5.73 Å². The van der Waals surface area contributed by atoms with Gasteiger partial charge < -0.3 is 60.4 Å². The molecule has 0 radical (unpaired) electrons. The molecule has 0 bridgehead atoms. The lowest BCUT2D eigenvalue weighted by Crippen LogP contribution is -2.53. The van der Waals surface area contributed by atoms with E-state index in [1.807, 2.05) is 48.5 Å². The van der Waals surface area contributed by atoms with Crippen LogP contribution in [0.1, 0.15) is 144 Å². The summed E-state index contributed by atoms with van der Waals surface area (Å²) in [7, 11) is -11.3. The molecule has 0 unspecified atom stereocenters. The Labute approximate surface area is 474 Å². The molecule has 24 nitrogen and oxygen atoms in total. The van der Waals surface area contributed by atoms with Gasteiger partial charge in [-0.2, -0.15) is 0 Å². The van der Waals surface area contributed by atoms with Gasteiger partial charge in [-0.15, -0.1) is 0 Å². The Kier molecular flexibility index (Phi) is 24.0. The fourth-order valence-electron chi connectivity index (χ4n) is 10.1. The molecule has 0 saturated carbocycles. The first-order valence-electron chi connectivity index (χ1n) is 27.5. The zero-order valence-electron chi connectivity index (χ0n) is 49.1. The van der Waals surface area contributed by atoms with Crippen molar-refractivity contribution in [3.05, 3.63) is 44.5 Å². The molecule has 2 atom stereocenters. The van der Waals surface area contributed by atoms with Crippen LogP contribution >= 0.6 is 0 Å². The molecule has 80 heavy (non-hydrogen) atoms. The summed E-state index contributed by atoms with van der Waals surface area (Å²) in [5, 5.41) is 33.3. The highest BCUT2D eigenvalue weighted by molar-refractivity contribution is 7.90. The fraction of sp³-hybridized carbons (Fsp3) is 0.660. The molecule has 0 saturated heterocycles. The van der Waals surface area contributed by atoms with Gasteiger partial charge in [0.25, 0.3) is 20.0 Å². The first-order valence-corrected chi connectivity index (χ1v) is 32.4. The van der Waals surface area contributed by atoms with Crippen molar-refractivity contribution >= 4 is 64.5 Å². The minimum Gasteiger partial charge on any atom is -0.487 e. The Balaban J connectivity index is 1.34. The first-order chi connectivity index (χ1) is 37.3. The van der Waals surface area contributed by atoms with Crippen LogP contribution < -0.4 is 56.6 Å². The molecule has 2 aliphatic rings. The normalized spacial score (nSPS) is 15.0. The summed E-state index contributed by atoms with van der Waals surface area (Å²) in [6.45, 7) is 25.8. The van der Waals surface area contributed by atoms with E-state index in [1.54, 1.807) is 41.5 Å². The minimum absolute atomic E-state index is 0.00471. The van der Waals surface area contributed by atoms with Crippen LogP contribution in [0.25, 0.3) is 0 Å². The van der Waals surface area contributed by atoms with Crippen LogP contribution in [0, 0.1) is 52.4 Å². The lowest BCUT2D eigenvalue weighted by atomic mass is 9.94. The first kappa shape index (κ1) is 66.8. The zero-order chi connectivity index (χ0) is 60.0. The summed E-state index contributed by atoms with van der Waals surface area (Å²) in [4.78, 5) is 52.6. The molecule has 2 aliphatic heterocycles. The van der Waals surface area contributed by atoms with Gasteiger partial charge >= 0.3 is 14.8 Å². The van der Waals surface area contributed by atoms with Crippen molar-refractivity contribution in [1.82, 2.24) is 41.3 Å². The monoisotopic (exact) mass is 1180 g/mol. The second-order valence-corrected chi connectivity index (χ2v) is 27.5. The molecule has 0 fully saturated rings. The van der Waals surface area contributed by atoms with Gasteiger partial charge in [0.15, 0.2) is 0 Å². The maximum atomic E-state index is 13.9. The largest absolute Gasteiger partial charge is 0.500 e. The number of amides is 5. The zero-order valence-corrected chi connectivity index (χ0v) is 51.7. The van der Waals surface area contributed by atoms with Crippen LogP contribution in [0.2, 0.25) is 6.04 Å². The van der Waals surface area contributed by atoms with Crippen molar-refractivity contribution in [1.29, 1.82) is 10.8 Å². The minimum atomic E-state index is -4.23. The standard InChI is InChI=1S/C53H89N11O13S2Si/c1-14-73-80(74-15-2,75-16-3)29-21-28-60-51(68)59-25-18-17-24-42(65)61-41(23-20-27-58-50(56)64-79(71,72)46-35(7)33(5)44-39(37(46)9)31-53(12,13)77-44)48(67)62-40(47(54)66)22-19-26-57-49(55)63-78(69,70)45-34(6)32(4)43-38(36(45)8)30-52(10,11)76-43/h40-41H,14-31H2,1-13H3,(H2,54,66)(H,61,65)(H,62,67)(H3,55,57,63)(H3,56,58,64)(H2,59,60,68)/t40-,41-/m0/s1. The Morgan fingerprint density at radius 2 is 1.00 bits per heavy atom. The van der Waals surface area contributed by atoms with E-state index in [0.717, 1.165) is 11.1 Å². The lowest BCUT2D eigenvalue weighted by Gasteiger charge is -2.28. The van der Waals surface area contributed by atoms with Gasteiger partial charge in [-0.1, -0.05) is 0 Å². The number of nitrogens with one attached hydrogen (secondary N) is 10. The third kappa shape index (κ3) is 18.1. The van der Waals surface area contributed by atoms with Crippen molar-refractivity contribution in [2.75, 3.05) is 46.0 Å². The number of ether oxygens (including phenoxy) is 2. The number of rotatable bonds is 31. The van der Waals surface area contributed by atoms with Crippen LogP contribution in [-0.4, -0.2) is 131 Å². The molecule has 0 spiro atoms. The fourth-order valence-corrected chi connectivity index (χ4v) is 15.7. The summed E-state index contributed by atoms with van der Waals surface area (Å²) in [5.74, 6) is -1.77. The van der Waals surface area contributed by atoms with Gasteiger partial charge in [0.1, 0.15) is 34.8 Å². The van der Waals surface area contributed by atoms with Crippen LogP contribution in [0.5, 0.6) is 11.5 Å². The summed E-state index contributed by atoms with van der Waals surface area (Å²) >= 11 is 0. The summed E-state index contributed by atoms with van der Waals surface area (Å²) in [6.07, 6.45) is 2.65. The van der Waals surface area contributed by atoms with Gasteiger partial charge in [0.05, 0.1) is 9.79 Å². The second-order valence-electron chi connectivity index (χ2n) is 21.5. The number of unbranched alkanes of at least 4 members (excludes halogenated alkanes) is 1. The van der Waals surface area contributed by atoms with Gasteiger partial charge in [-0.05, 0) is 168 Å². The number of sulfonamides is 2. The van der Waals surface area contributed by atoms with Gasteiger partial charge in [0, 0.05) is 82.4 Å². The number of carbonyl (C=O) groups excluding carboxylic acids is 4. The van der Waals surface area contributed by atoms with Crippen molar-refractivity contribution in [2.45, 2.75) is 193 Å². The Morgan fingerprint density at radius 1 is 0.588 bits per heavy atom. The molecule has 0 aliphatic carbocycles. The number of urea groups is 1. The highest BCUT2D eigenvalue weighted by Gasteiger charge is 2.41. The molecule has 0 aromatic heterocycles. The van der Waals surface area contributed by atoms with Crippen molar-refractivity contribution < 1.29 is 58.8 Å². The van der Waals surface area contributed by atoms with Crippen LogP contribution in [0.3, 0.4) is 0 Å². The van der Waals surface area contributed by atoms with Crippen LogP contribution in [-0.2, 0) is 60.5 Å². The molecule has 2 aromatic carbocycles. The predicted octanol–water partition coefficient (Wildman–Crippen LogP) is 4.19. The number of guanidine groups is 2. The molecule has 450 valence electrons. The summed E-state index contributed by atoms with van der Waals surface area (Å²) < 4.78 is 89.4. The van der Waals surface area contributed by atoms with E-state index in [1.165, 1.54) is 0 Å². The van der Waals surface area contributed by atoms with E-state index in [9.17, 15) is 36.0 Å². The second kappa shape index (κ2) is 28.8. The third-order valence-corrected chi connectivity index (χ3v) is 20.4. The molecular weight excluding hydrogens is 1090 g/mol. The molecule has 4 rings (SSSR count). The number of nitrogens with two attached hydrogens (primary N) is 1. The number of fused-ring (bicyclic) bond motifs is 2. The van der Waals surface area contributed by atoms with Gasteiger partial charge in [0.2, 0.25) is 29.6 Å². The number of hydrogen-bond donors (Lipinski definition) is 11. The maximum absolute atomic E-state index is 13.9. The van der Waals surface area contributed by atoms with Gasteiger partial charge in [-0.3, -0.25) is 25.2 Å². The van der Waals surface area contributed by atoms with Gasteiger partial charge in [-0.25, -0.2) is 31.1 Å². The quantitative estimate of drug-likeness (QED) is 0.0218. The van der Waals surface area contributed by atoms with E-state index in [2.05, 4.69) is 41.3 Å². The molecule has 2 heterocycles. The highest BCUT2D eigenvalue weighted by atomic mass is 32.2. The predicted molar refractivity (Wildman–Crippen MR) is 307 cm³/mol. The van der Waals surface area contributed by atoms with E-state index in [4.69, 9.17) is 39.3 Å². The number of benzene rings is 2. The average molecular weight is 1180 g/mol. The SMILES string of the molecule is CCO[Si](CCCNC(=O)NCCCCC(=O)N[C@@H](CCCNC(=N)NS(=O)(=O)c1c(C)c(C)c2c(c1C)CC(C)(C)O2)C(=O)N[C@@H](CCCNC(=N)NS(=O)(=O)c1c(C)c(C)c2c(c1C)CC(C)(C)O2)C(N)=O)(OCC)OCC. The number of hydrogen-bond acceptors (Lipinski definition) is 15. The number of carbonyl (C=O) groups is 4. The molecular formula is C53H89N11O13S2Si. The average Bonchev–Trinajstić information content (AvgIpc) is 3.96. The molecule has 27 heteroatoms. The van der Waals surface area contributed by atoms with Crippen molar-refractivity contribution in [3.63, 3.8) is 0 Å². The Morgan fingerprint density at radius 3 is 1.43 bits per heavy atom. The van der Waals surface area contributed by atoms with E-state index in [-0.39, 0.29) is 67.6 Å². The van der Waals surface area contributed by atoms with Crippen LogP contribution in [0.4, 0.5) is 4.79 Å². The van der Waals surface area contributed by atoms with Crippen molar-refractivity contribution in [3.8, 4) is 11.5 Å². The molecule has 12 N–H and O–H groups in total. The highest BCUT2D eigenvalue weighted by Crippen LogP contribution is 2.45.